The fourth-order valence-electron chi connectivity index (χ4n) is 5.80. The number of halogens is 1. The highest BCUT2D eigenvalue weighted by Crippen LogP contribution is 2.49. The molecule has 10 nitrogen and oxygen atoms in total. The van der Waals surface area contributed by atoms with Crippen LogP contribution in [0.4, 0.5) is 5.82 Å². The van der Waals surface area contributed by atoms with Gasteiger partial charge in [-0.3, -0.25) is 4.79 Å². The first kappa shape index (κ1) is 27.6. The summed E-state index contributed by atoms with van der Waals surface area (Å²) in [7, 11) is 0. The maximum Gasteiger partial charge on any atom is 0.251 e. The predicted molar refractivity (Wildman–Crippen MR) is 151 cm³/mol. The first-order valence-corrected chi connectivity index (χ1v) is 14.0. The molecule has 2 bridgehead atoms. The van der Waals surface area contributed by atoms with E-state index < -0.39 is 30.3 Å². The third-order valence-corrected chi connectivity index (χ3v) is 7.99. The molecule has 6 rings (SSSR count). The van der Waals surface area contributed by atoms with Crippen molar-refractivity contribution in [3.05, 3.63) is 101 Å². The normalized spacial score (nSPS) is 27.2. The van der Waals surface area contributed by atoms with Crippen LogP contribution in [0.1, 0.15) is 24.5 Å². The Morgan fingerprint density at radius 1 is 1.10 bits per heavy atom. The van der Waals surface area contributed by atoms with Crippen LogP contribution < -0.4 is 10.2 Å². The third-order valence-electron chi connectivity index (χ3n) is 7.78. The van der Waals surface area contributed by atoms with Crippen LogP contribution in [-0.2, 0) is 32.2 Å². The number of amides is 1. The lowest BCUT2D eigenvalue weighted by molar-refractivity contribution is -0.174. The lowest BCUT2D eigenvalue weighted by atomic mass is 9.95. The highest BCUT2D eigenvalue weighted by Gasteiger charge is 2.66. The second-order valence-electron chi connectivity index (χ2n) is 10.5. The van der Waals surface area contributed by atoms with Crippen LogP contribution in [-0.4, -0.2) is 69.4 Å². The standard InChI is InChI=1S/C30H32ClN5O5/c1-20-15-35(29(38)34-27(20)37)28-25-26(40-17-22-10-6-3-7-11-22)30(41-28,12-13-39-16-21-8-4-2-5-9-21)18-36(25)24-14-23(31)32-19-33-24/h2-11,14-15,19,25-26,28-29,38H,12-13,16-18H2,1H3,(H,34,37)/t25-,26+,28-,29?,30+/m1/s1. The van der Waals surface area contributed by atoms with E-state index in [-0.39, 0.29) is 5.91 Å². The molecule has 2 aromatic carbocycles. The topological polar surface area (TPSA) is 109 Å². The van der Waals surface area contributed by atoms with Gasteiger partial charge in [-0.05, 0) is 18.1 Å². The minimum Gasteiger partial charge on any atom is -0.377 e. The van der Waals surface area contributed by atoms with Crippen LogP contribution in [0.15, 0.2) is 84.8 Å². The molecule has 4 heterocycles. The average molecular weight is 578 g/mol. The van der Waals surface area contributed by atoms with E-state index in [9.17, 15) is 9.90 Å². The number of morpholine rings is 1. The zero-order valence-corrected chi connectivity index (χ0v) is 23.4. The number of carbonyl (C=O) groups is 1. The molecule has 1 unspecified atom stereocenters. The van der Waals surface area contributed by atoms with Gasteiger partial charge in [0.1, 0.15) is 35.0 Å². The minimum atomic E-state index is -1.27. The van der Waals surface area contributed by atoms with E-state index in [1.54, 1.807) is 24.1 Å². The molecule has 0 spiro atoms. The van der Waals surface area contributed by atoms with Gasteiger partial charge in [0.05, 0.1) is 19.8 Å². The molecule has 2 saturated heterocycles. The molecule has 1 aromatic heterocycles. The Morgan fingerprint density at radius 2 is 1.80 bits per heavy atom. The van der Waals surface area contributed by atoms with Gasteiger partial charge in [-0.15, -0.1) is 0 Å². The van der Waals surface area contributed by atoms with Crippen LogP contribution in [0.5, 0.6) is 0 Å². The first-order chi connectivity index (χ1) is 19.9. The van der Waals surface area contributed by atoms with Gasteiger partial charge in [0.15, 0.2) is 6.23 Å². The van der Waals surface area contributed by atoms with Gasteiger partial charge in [0.2, 0.25) is 6.35 Å². The Balaban J connectivity index is 1.33. The van der Waals surface area contributed by atoms with Crippen molar-refractivity contribution in [2.24, 2.45) is 0 Å². The minimum absolute atomic E-state index is 0.318. The summed E-state index contributed by atoms with van der Waals surface area (Å²) in [6, 6.07) is 21.3. The summed E-state index contributed by atoms with van der Waals surface area (Å²) in [5.41, 5.74) is 1.77. The van der Waals surface area contributed by atoms with Crippen LogP contribution in [0, 0.1) is 0 Å². The molecule has 0 aliphatic carbocycles. The molecule has 2 fully saturated rings. The maximum atomic E-state index is 12.2. The number of nitrogens with one attached hydrogen (secondary N) is 1. The third kappa shape index (κ3) is 5.66. The van der Waals surface area contributed by atoms with Gasteiger partial charge < -0.3 is 34.4 Å². The molecule has 11 heteroatoms. The van der Waals surface area contributed by atoms with E-state index in [0.29, 0.717) is 49.3 Å². The van der Waals surface area contributed by atoms with Crippen molar-refractivity contribution in [2.45, 2.75) is 56.9 Å². The number of hydrogen-bond acceptors (Lipinski definition) is 9. The van der Waals surface area contributed by atoms with Crippen LogP contribution >= 0.6 is 11.6 Å². The van der Waals surface area contributed by atoms with E-state index in [0.717, 1.165) is 11.1 Å². The number of fused-ring (bicyclic) bond motifs is 2. The van der Waals surface area contributed by atoms with Gasteiger partial charge in [-0.1, -0.05) is 72.3 Å². The summed E-state index contributed by atoms with van der Waals surface area (Å²) in [4.78, 5) is 24.5. The number of anilines is 1. The molecule has 3 aliphatic rings. The van der Waals surface area contributed by atoms with Gasteiger partial charge in [-0.2, -0.15) is 0 Å². The van der Waals surface area contributed by atoms with Crippen LogP contribution in [0.25, 0.3) is 0 Å². The molecule has 2 N–H and O–H groups in total. The highest BCUT2D eigenvalue weighted by molar-refractivity contribution is 6.29. The van der Waals surface area contributed by atoms with Crippen LogP contribution in [0.2, 0.25) is 5.15 Å². The van der Waals surface area contributed by atoms with Crippen molar-refractivity contribution in [1.82, 2.24) is 20.2 Å². The fourth-order valence-corrected chi connectivity index (χ4v) is 5.94. The van der Waals surface area contributed by atoms with Crippen LogP contribution in [0.3, 0.4) is 0 Å². The quantitative estimate of drug-likeness (QED) is 0.277. The number of ether oxygens (including phenoxy) is 3. The van der Waals surface area contributed by atoms with Gasteiger partial charge >= 0.3 is 0 Å². The number of aliphatic hydroxyl groups is 1. The second kappa shape index (κ2) is 11.8. The number of aliphatic hydroxyl groups excluding tert-OH is 1. The summed E-state index contributed by atoms with van der Waals surface area (Å²) in [6.07, 6.45) is 1.23. The smallest absolute Gasteiger partial charge is 0.251 e. The van der Waals surface area contributed by atoms with Crippen molar-refractivity contribution in [3.63, 3.8) is 0 Å². The number of aromatic nitrogens is 2. The van der Waals surface area contributed by atoms with E-state index in [1.165, 1.54) is 6.33 Å². The first-order valence-electron chi connectivity index (χ1n) is 13.6. The van der Waals surface area contributed by atoms with E-state index in [4.69, 9.17) is 25.8 Å². The number of hydrogen-bond donors (Lipinski definition) is 2. The molecule has 41 heavy (non-hydrogen) atoms. The molecule has 0 saturated carbocycles. The highest BCUT2D eigenvalue weighted by atomic mass is 35.5. The summed E-state index contributed by atoms with van der Waals surface area (Å²) >= 11 is 6.27. The summed E-state index contributed by atoms with van der Waals surface area (Å²) in [5, 5.41) is 13.8. The SMILES string of the molecule is CC1=CN([C@@H]2O[C@@]3(CCOCc4ccccc4)CN(c4cc(Cl)ncn4)[C@@H]2[C@@H]3OCc2ccccc2)C(O)NC1=O. The zero-order chi connectivity index (χ0) is 28.4. The zero-order valence-electron chi connectivity index (χ0n) is 22.6. The Hall–Kier alpha value is -3.54. The van der Waals surface area contributed by atoms with Gasteiger partial charge in [0, 0.05) is 30.9 Å². The Bertz CT molecular complexity index is 1400. The molecule has 3 aromatic rings. The van der Waals surface area contributed by atoms with Crippen molar-refractivity contribution in [2.75, 3.05) is 18.1 Å². The van der Waals surface area contributed by atoms with E-state index in [1.807, 2.05) is 60.7 Å². The number of nitrogens with zero attached hydrogens (tertiary/aromatic N) is 4. The van der Waals surface area contributed by atoms with Gasteiger partial charge in [0.25, 0.3) is 5.91 Å². The Kier molecular flexibility index (Phi) is 7.92. The lowest BCUT2D eigenvalue weighted by Crippen LogP contribution is -2.61. The van der Waals surface area contributed by atoms with E-state index in [2.05, 4.69) is 20.2 Å². The largest absolute Gasteiger partial charge is 0.377 e. The summed E-state index contributed by atoms with van der Waals surface area (Å²) in [5.74, 6) is 0.289. The molecule has 214 valence electrons. The molecule has 3 aliphatic heterocycles. The Labute approximate surface area is 243 Å². The molecule has 1 amide bonds. The average Bonchev–Trinajstić information content (AvgIpc) is 3.46. The Morgan fingerprint density at radius 3 is 2.51 bits per heavy atom. The number of carbonyl (C=O) groups excluding carboxylic acids is 1. The molecular weight excluding hydrogens is 546 g/mol. The maximum absolute atomic E-state index is 12.2. The van der Waals surface area contributed by atoms with Crippen molar-refractivity contribution in [1.29, 1.82) is 0 Å². The fraction of sp³-hybridized carbons (Fsp3) is 0.367. The monoisotopic (exact) mass is 577 g/mol. The summed E-state index contributed by atoms with van der Waals surface area (Å²) in [6.45, 7) is 3.43. The second-order valence-corrected chi connectivity index (χ2v) is 10.9. The molecule has 5 atom stereocenters. The number of rotatable bonds is 10. The van der Waals surface area contributed by atoms with E-state index >= 15 is 0 Å². The van der Waals surface area contributed by atoms with Crippen molar-refractivity contribution in [3.8, 4) is 0 Å². The summed E-state index contributed by atoms with van der Waals surface area (Å²) < 4.78 is 19.6. The number of benzene rings is 2. The molecule has 0 radical (unpaired) electrons. The molecular formula is C30H32ClN5O5. The van der Waals surface area contributed by atoms with Crippen molar-refractivity contribution < 1.29 is 24.1 Å². The van der Waals surface area contributed by atoms with Gasteiger partial charge in [-0.25, -0.2) is 9.97 Å². The van der Waals surface area contributed by atoms with Crippen molar-refractivity contribution >= 4 is 23.3 Å². The lowest BCUT2D eigenvalue weighted by Gasteiger charge is -2.44. The predicted octanol–water partition coefficient (Wildman–Crippen LogP) is 3.22.